The van der Waals surface area contributed by atoms with Gasteiger partial charge in [-0.3, -0.25) is 4.79 Å². The summed E-state index contributed by atoms with van der Waals surface area (Å²) in [5, 5.41) is 0. The minimum atomic E-state index is -0.379. The number of hydrogen-bond donors (Lipinski definition) is 1. The molecule has 0 amide bonds. The van der Waals surface area contributed by atoms with Crippen LogP contribution >= 0.6 is 0 Å². The van der Waals surface area contributed by atoms with Crippen LogP contribution in [-0.2, 0) is 11.2 Å². The zero-order chi connectivity index (χ0) is 17.8. The van der Waals surface area contributed by atoms with Gasteiger partial charge in [0.15, 0.2) is 11.3 Å². The molecule has 0 spiro atoms. The third-order valence-electron chi connectivity index (χ3n) is 4.98. The van der Waals surface area contributed by atoms with Crippen LogP contribution in [0.5, 0.6) is 5.75 Å². The fourth-order valence-corrected chi connectivity index (χ4v) is 2.87. The molecule has 136 valence electrons. The third-order valence-corrected chi connectivity index (χ3v) is 4.98. The van der Waals surface area contributed by atoms with Crippen molar-refractivity contribution in [2.45, 2.75) is 84.1 Å². The summed E-state index contributed by atoms with van der Waals surface area (Å²) in [4.78, 5) is 11.7. The molecule has 0 heterocycles. The zero-order valence-electron chi connectivity index (χ0n) is 15.9. The Morgan fingerprint density at radius 2 is 1.75 bits per heavy atom. The average Bonchev–Trinajstić information content (AvgIpc) is 2.59. The number of ether oxygens (including phenoxy) is 1. The number of ketones is 1. The summed E-state index contributed by atoms with van der Waals surface area (Å²) in [6.07, 6.45) is 9.84. The molecule has 24 heavy (non-hydrogen) atoms. The minimum absolute atomic E-state index is 0.213. The first-order valence-electron chi connectivity index (χ1n) is 9.60. The second-order valence-corrected chi connectivity index (χ2v) is 6.95. The largest absolute Gasteiger partial charge is 0.494 e. The fourth-order valence-electron chi connectivity index (χ4n) is 2.87. The number of aryl methyl sites for hydroxylation is 1. The van der Waals surface area contributed by atoms with Gasteiger partial charge >= 0.3 is 0 Å². The molecule has 3 heteroatoms. The van der Waals surface area contributed by atoms with Gasteiger partial charge in [0.1, 0.15) is 5.75 Å². The number of hydrogen-bond acceptors (Lipinski definition) is 2. The van der Waals surface area contributed by atoms with Crippen LogP contribution in [0.4, 0.5) is 0 Å². The maximum atomic E-state index is 11.7. The molecule has 1 rings (SSSR count). The molecule has 0 aromatic heterocycles. The van der Waals surface area contributed by atoms with E-state index in [0.29, 0.717) is 0 Å². The lowest BCUT2D eigenvalue weighted by Crippen LogP contribution is -2.75. The molecular formula is C21H36NO2+. The number of rotatable bonds is 13. The maximum absolute atomic E-state index is 11.7. The highest BCUT2D eigenvalue weighted by molar-refractivity contribution is 5.84. The number of carbonyl (C=O) groups is 1. The molecule has 0 fully saturated rings. The molecule has 0 unspecified atom stereocenters. The Balaban J connectivity index is 2.26. The molecular weight excluding hydrogens is 298 g/mol. The Hall–Kier alpha value is -1.35. The van der Waals surface area contributed by atoms with Gasteiger partial charge in [-0.2, -0.15) is 0 Å². The third kappa shape index (κ3) is 7.48. The number of carbonyl (C=O) groups excluding carboxylic acids is 1. The van der Waals surface area contributed by atoms with E-state index in [4.69, 9.17) is 4.74 Å². The molecule has 0 saturated carbocycles. The van der Waals surface area contributed by atoms with Crippen molar-refractivity contribution in [3.05, 3.63) is 29.8 Å². The highest BCUT2D eigenvalue weighted by Crippen LogP contribution is 2.18. The first-order valence-corrected chi connectivity index (χ1v) is 9.60. The fraction of sp³-hybridized carbons (Fsp3) is 0.667. The molecule has 0 saturated heterocycles. The van der Waals surface area contributed by atoms with E-state index in [9.17, 15) is 4.79 Å². The van der Waals surface area contributed by atoms with Gasteiger partial charge in [0.25, 0.3) is 0 Å². The Bertz CT molecular complexity index is 469. The lowest BCUT2D eigenvalue weighted by atomic mass is 9.87. The molecule has 1 aromatic rings. The number of unbranched alkanes of at least 4 members (excludes halogenated alkanes) is 4. The first-order chi connectivity index (χ1) is 11.5. The number of Topliss-reactive ketones (excluding diaryl/α,β-unsaturated/α-hetero) is 1. The molecule has 1 atom stereocenters. The lowest BCUT2D eigenvalue weighted by Gasteiger charge is -2.20. The molecule has 0 aliphatic rings. The summed E-state index contributed by atoms with van der Waals surface area (Å²) >= 11 is 0. The highest BCUT2D eigenvalue weighted by atomic mass is 16.5. The number of quaternary nitrogens is 1. The summed E-state index contributed by atoms with van der Waals surface area (Å²) in [6, 6.07) is 8.46. The Morgan fingerprint density at radius 1 is 1.04 bits per heavy atom. The Morgan fingerprint density at radius 3 is 2.33 bits per heavy atom. The van der Waals surface area contributed by atoms with Crippen molar-refractivity contribution in [3.8, 4) is 5.75 Å². The summed E-state index contributed by atoms with van der Waals surface area (Å²) in [6.45, 7) is 6.75. The van der Waals surface area contributed by atoms with E-state index in [1.807, 2.05) is 0 Å². The van der Waals surface area contributed by atoms with E-state index in [0.717, 1.165) is 50.9 Å². The SMILES string of the molecule is CCCCCCOc1ccc(CCCC[C@@]([NH3+])(CC)C(C)=O)cc1. The summed E-state index contributed by atoms with van der Waals surface area (Å²) in [5.74, 6) is 1.18. The topological polar surface area (TPSA) is 53.9 Å². The smallest absolute Gasteiger partial charge is 0.189 e. The second kappa shape index (κ2) is 11.2. The van der Waals surface area contributed by atoms with Crippen molar-refractivity contribution in [2.24, 2.45) is 0 Å². The van der Waals surface area contributed by atoms with Crippen molar-refractivity contribution < 1.29 is 15.3 Å². The van der Waals surface area contributed by atoms with Gasteiger partial charge in [-0.15, -0.1) is 0 Å². The molecule has 1 aromatic carbocycles. The molecule has 0 aliphatic carbocycles. The van der Waals surface area contributed by atoms with Gasteiger partial charge in [-0.05, 0) is 43.4 Å². The lowest BCUT2D eigenvalue weighted by molar-refractivity contribution is -0.459. The van der Waals surface area contributed by atoms with Crippen molar-refractivity contribution in [2.75, 3.05) is 6.61 Å². The predicted molar refractivity (Wildman–Crippen MR) is 100 cm³/mol. The maximum Gasteiger partial charge on any atom is 0.189 e. The van der Waals surface area contributed by atoms with Crippen molar-refractivity contribution in [1.82, 2.24) is 0 Å². The Kier molecular flexibility index (Phi) is 9.70. The van der Waals surface area contributed by atoms with E-state index in [-0.39, 0.29) is 11.3 Å². The van der Waals surface area contributed by atoms with Gasteiger partial charge in [0, 0.05) is 19.8 Å². The minimum Gasteiger partial charge on any atom is -0.494 e. The highest BCUT2D eigenvalue weighted by Gasteiger charge is 2.31. The van der Waals surface area contributed by atoms with Gasteiger partial charge in [-0.1, -0.05) is 45.2 Å². The van der Waals surface area contributed by atoms with Gasteiger partial charge in [0.05, 0.1) is 6.61 Å². The van der Waals surface area contributed by atoms with Crippen molar-refractivity contribution in [1.29, 1.82) is 0 Å². The first kappa shape index (κ1) is 20.7. The Labute approximate surface area is 148 Å². The van der Waals surface area contributed by atoms with Crippen LogP contribution < -0.4 is 10.5 Å². The van der Waals surface area contributed by atoms with E-state index in [1.165, 1.54) is 24.8 Å². The monoisotopic (exact) mass is 334 g/mol. The standard InChI is InChI=1S/C21H35NO2/c1-4-6-7-10-17-24-20-14-12-19(13-15-20)11-8-9-16-21(22,5-2)18(3)23/h12-15H,4-11,16-17,22H2,1-3H3/p+1/t21-/m0/s1. The number of benzene rings is 1. The van der Waals surface area contributed by atoms with Crippen LogP contribution in [0.15, 0.2) is 24.3 Å². The summed E-state index contributed by atoms with van der Waals surface area (Å²) in [7, 11) is 0. The van der Waals surface area contributed by atoms with E-state index in [1.54, 1.807) is 6.92 Å². The molecule has 3 N–H and O–H groups in total. The van der Waals surface area contributed by atoms with Crippen molar-refractivity contribution in [3.63, 3.8) is 0 Å². The van der Waals surface area contributed by atoms with Gasteiger partial charge in [-0.25, -0.2) is 0 Å². The molecule has 0 aliphatic heterocycles. The zero-order valence-corrected chi connectivity index (χ0v) is 15.9. The quantitative estimate of drug-likeness (QED) is 0.546. The summed E-state index contributed by atoms with van der Waals surface area (Å²) in [5.41, 5.74) is 5.08. The molecule has 0 radical (unpaired) electrons. The average molecular weight is 335 g/mol. The van der Waals surface area contributed by atoms with Crippen LogP contribution in [-0.4, -0.2) is 17.9 Å². The predicted octanol–water partition coefficient (Wildman–Crippen LogP) is 4.34. The van der Waals surface area contributed by atoms with Crippen LogP contribution in [0, 0.1) is 0 Å². The van der Waals surface area contributed by atoms with Crippen molar-refractivity contribution >= 4 is 5.78 Å². The van der Waals surface area contributed by atoms with Gasteiger partial charge < -0.3 is 10.5 Å². The van der Waals surface area contributed by atoms with E-state index in [2.05, 4.69) is 43.8 Å². The normalized spacial score (nSPS) is 13.5. The van der Waals surface area contributed by atoms with Gasteiger partial charge in [0.2, 0.25) is 0 Å². The second-order valence-electron chi connectivity index (χ2n) is 6.95. The molecule has 3 nitrogen and oxygen atoms in total. The van der Waals surface area contributed by atoms with E-state index < -0.39 is 0 Å². The summed E-state index contributed by atoms with van der Waals surface area (Å²) < 4.78 is 5.77. The van der Waals surface area contributed by atoms with Crippen LogP contribution in [0.25, 0.3) is 0 Å². The van der Waals surface area contributed by atoms with E-state index >= 15 is 0 Å². The van der Waals surface area contributed by atoms with Crippen LogP contribution in [0.1, 0.15) is 77.7 Å². The van der Waals surface area contributed by atoms with Crippen LogP contribution in [0.3, 0.4) is 0 Å². The molecule has 0 bridgehead atoms. The van der Waals surface area contributed by atoms with Crippen LogP contribution in [0.2, 0.25) is 0 Å².